The van der Waals surface area contributed by atoms with Crippen molar-refractivity contribution in [2.75, 3.05) is 19.8 Å². The average molecular weight is 420 g/mol. The van der Waals surface area contributed by atoms with Crippen LogP contribution in [-0.2, 0) is 9.47 Å². The van der Waals surface area contributed by atoms with Crippen molar-refractivity contribution in [2.45, 2.75) is 30.9 Å². The first-order valence-corrected chi connectivity index (χ1v) is 8.85. The Balaban J connectivity index is 1.84. The summed E-state index contributed by atoms with van der Waals surface area (Å²) in [6.45, 7) is 2.28. The van der Waals surface area contributed by atoms with E-state index in [0.717, 1.165) is 41.4 Å². The molecule has 3 unspecified atom stereocenters. The third kappa shape index (κ3) is 3.35. The molecule has 1 spiro atoms. The number of nitrogens with one attached hydrogen (secondary N) is 1. The smallest absolute Gasteiger partial charge is 0.0940 e. The fourth-order valence-electron chi connectivity index (χ4n) is 3.45. The van der Waals surface area contributed by atoms with Gasteiger partial charge in [-0.1, -0.05) is 31.9 Å². The van der Waals surface area contributed by atoms with Crippen LogP contribution in [0.2, 0.25) is 0 Å². The van der Waals surface area contributed by atoms with Gasteiger partial charge in [0.25, 0.3) is 0 Å². The van der Waals surface area contributed by atoms with Crippen molar-refractivity contribution < 1.29 is 9.47 Å². The summed E-state index contributed by atoms with van der Waals surface area (Å²) in [6, 6.07) is 6.31. The summed E-state index contributed by atoms with van der Waals surface area (Å²) in [5.41, 5.74) is 4.10. The van der Waals surface area contributed by atoms with Gasteiger partial charge in [-0.05, 0) is 42.5 Å². The van der Waals surface area contributed by atoms with Crippen LogP contribution in [0.1, 0.15) is 30.9 Å². The molecule has 0 radical (unpaired) electrons. The molecule has 6 heteroatoms. The zero-order chi connectivity index (χ0) is 14.9. The summed E-state index contributed by atoms with van der Waals surface area (Å²) in [7, 11) is 0. The van der Waals surface area contributed by atoms with Crippen LogP contribution in [0.4, 0.5) is 0 Å². The van der Waals surface area contributed by atoms with Gasteiger partial charge in [-0.3, -0.25) is 11.3 Å². The zero-order valence-electron chi connectivity index (χ0n) is 11.8. The molecule has 2 heterocycles. The maximum absolute atomic E-state index is 6.03. The quantitative estimate of drug-likeness (QED) is 0.582. The molecule has 2 aliphatic heterocycles. The first-order valence-electron chi connectivity index (χ1n) is 7.26. The first kappa shape index (κ1) is 15.9. The second-order valence-corrected chi connectivity index (χ2v) is 7.67. The highest BCUT2D eigenvalue weighted by Crippen LogP contribution is 2.42. The molecule has 1 aromatic carbocycles. The van der Waals surface area contributed by atoms with Crippen LogP contribution in [0, 0.1) is 5.92 Å². The summed E-state index contributed by atoms with van der Waals surface area (Å²) in [4.78, 5) is 0. The number of benzene rings is 1. The SMILES string of the molecule is NNC(c1cc(Br)ccc1Br)C1CCOC2(CCOC2)C1. The van der Waals surface area contributed by atoms with Crippen LogP contribution >= 0.6 is 31.9 Å². The van der Waals surface area contributed by atoms with Gasteiger partial charge in [0.2, 0.25) is 0 Å². The molecular weight excluding hydrogens is 400 g/mol. The monoisotopic (exact) mass is 418 g/mol. The van der Waals surface area contributed by atoms with Gasteiger partial charge in [-0.2, -0.15) is 0 Å². The van der Waals surface area contributed by atoms with Gasteiger partial charge in [-0.15, -0.1) is 0 Å². The van der Waals surface area contributed by atoms with E-state index in [0.29, 0.717) is 12.5 Å². The van der Waals surface area contributed by atoms with Gasteiger partial charge in [0.1, 0.15) is 0 Å². The molecule has 0 aromatic heterocycles. The minimum atomic E-state index is -0.101. The molecule has 3 rings (SSSR count). The van der Waals surface area contributed by atoms with Crippen molar-refractivity contribution >= 4 is 31.9 Å². The highest BCUT2D eigenvalue weighted by Gasteiger charge is 2.43. The van der Waals surface area contributed by atoms with E-state index in [9.17, 15) is 0 Å². The van der Waals surface area contributed by atoms with Crippen molar-refractivity contribution in [3.8, 4) is 0 Å². The number of ether oxygens (including phenoxy) is 2. The molecule has 0 amide bonds. The fraction of sp³-hybridized carbons (Fsp3) is 0.600. The molecule has 3 atom stereocenters. The summed E-state index contributed by atoms with van der Waals surface area (Å²) < 4.78 is 13.7. The second-order valence-electron chi connectivity index (χ2n) is 5.90. The molecule has 4 nitrogen and oxygen atoms in total. The minimum absolute atomic E-state index is 0.101. The first-order chi connectivity index (χ1) is 10.1. The van der Waals surface area contributed by atoms with E-state index in [1.165, 1.54) is 5.56 Å². The van der Waals surface area contributed by atoms with E-state index in [1.807, 2.05) is 6.07 Å². The van der Waals surface area contributed by atoms with Crippen LogP contribution in [-0.4, -0.2) is 25.4 Å². The minimum Gasteiger partial charge on any atom is -0.378 e. The molecule has 21 heavy (non-hydrogen) atoms. The third-order valence-corrected chi connectivity index (χ3v) is 5.76. The second kappa shape index (κ2) is 6.64. The Morgan fingerprint density at radius 2 is 2.19 bits per heavy atom. The number of hydrogen-bond donors (Lipinski definition) is 2. The van der Waals surface area contributed by atoms with E-state index in [-0.39, 0.29) is 11.6 Å². The van der Waals surface area contributed by atoms with Gasteiger partial charge >= 0.3 is 0 Å². The van der Waals surface area contributed by atoms with E-state index in [2.05, 4.69) is 49.4 Å². The molecule has 116 valence electrons. The topological polar surface area (TPSA) is 56.5 Å². The molecular formula is C15H20Br2N2O2. The standard InChI is InChI=1S/C15H20Br2N2O2/c16-11-1-2-13(17)12(7-11)14(19-18)10-3-5-21-15(8-10)4-6-20-9-15/h1-2,7,10,14,19H,3-6,8-9,18H2. The number of nitrogens with two attached hydrogens (primary N) is 1. The van der Waals surface area contributed by atoms with Crippen molar-refractivity contribution in [3.63, 3.8) is 0 Å². The van der Waals surface area contributed by atoms with Crippen LogP contribution in [0.5, 0.6) is 0 Å². The maximum atomic E-state index is 6.03. The largest absolute Gasteiger partial charge is 0.378 e. The number of rotatable bonds is 3. The lowest BCUT2D eigenvalue weighted by molar-refractivity contribution is -0.103. The predicted molar refractivity (Wildman–Crippen MR) is 88.7 cm³/mol. The van der Waals surface area contributed by atoms with Gasteiger partial charge < -0.3 is 9.47 Å². The third-order valence-electron chi connectivity index (χ3n) is 4.54. The van der Waals surface area contributed by atoms with E-state index in [4.69, 9.17) is 15.3 Å². The molecule has 3 N–H and O–H groups in total. The lowest BCUT2D eigenvalue weighted by atomic mass is 9.79. The number of halogens is 2. The summed E-state index contributed by atoms with van der Waals surface area (Å²) in [5.74, 6) is 6.32. The highest BCUT2D eigenvalue weighted by molar-refractivity contribution is 9.11. The summed E-state index contributed by atoms with van der Waals surface area (Å²) in [5, 5.41) is 0. The average Bonchev–Trinajstić information content (AvgIpc) is 2.91. The van der Waals surface area contributed by atoms with Crippen LogP contribution in [0.25, 0.3) is 0 Å². The molecule has 0 saturated carbocycles. The normalized spacial score (nSPS) is 30.7. The molecule has 0 aliphatic carbocycles. The molecule has 2 fully saturated rings. The Hall–Kier alpha value is 0.0200. The van der Waals surface area contributed by atoms with E-state index in [1.54, 1.807) is 0 Å². The zero-order valence-corrected chi connectivity index (χ0v) is 15.0. The number of hydrogen-bond acceptors (Lipinski definition) is 4. The van der Waals surface area contributed by atoms with Crippen LogP contribution in [0.15, 0.2) is 27.1 Å². The Labute approximate surface area is 142 Å². The van der Waals surface area contributed by atoms with Gasteiger partial charge in [0, 0.05) is 28.6 Å². The van der Waals surface area contributed by atoms with Crippen molar-refractivity contribution in [3.05, 3.63) is 32.7 Å². The van der Waals surface area contributed by atoms with Crippen molar-refractivity contribution in [2.24, 2.45) is 11.8 Å². The molecule has 0 bridgehead atoms. The van der Waals surface area contributed by atoms with Gasteiger partial charge in [-0.25, -0.2) is 0 Å². The summed E-state index contributed by atoms with van der Waals surface area (Å²) in [6.07, 6.45) is 2.98. The molecule has 2 saturated heterocycles. The predicted octanol–water partition coefficient (Wildman–Crippen LogP) is 3.30. The molecule has 2 aliphatic rings. The summed E-state index contributed by atoms with van der Waals surface area (Å²) >= 11 is 7.18. The Morgan fingerprint density at radius 1 is 1.33 bits per heavy atom. The Morgan fingerprint density at radius 3 is 2.90 bits per heavy atom. The van der Waals surface area contributed by atoms with Crippen molar-refractivity contribution in [1.82, 2.24) is 5.43 Å². The fourth-order valence-corrected chi connectivity index (χ4v) is 4.32. The van der Waals surface area contributed by atoms with Crippen LogP contribution < -0.4 is 11.3 Å². The Bertz CT molecular complexity index is 506. The molecule has 1 aromatic rings. The van der Waals surface area contributed by atoms with Gasteiger partial charge in [0.15, 0.2) is 0 Å². The van der Waals surface area contributed by atoms with E-state index < -0.39 is 0 Å². The van der Waals surface area contributed by atoms with Gasteiger partial charge in [0.05, 0.1) is 18.2 Å². The lowest BCUT2D eigenvalue weighted by Gasteiger charge is -2.40. The highest BCUT2D eigenvalue weighted by atomic mass is 79.9. The van der Waals surface area contributed by atoms with Crippen molar-refractivity contribution in [1.29, 1.82) is 0 Å². The van der Waals surface area contributed by atoms with Crippen LogP contribution in [0.3, 0.4) is 0 Å². The number of hydrazine groups is 1. The maximum Gasteiger partial charge on any atom is 0.0940 e. The van der Waals surface area contributed by atoms with E-state index >= 15 is 0 Å². The Kier molecular flexibility index (Phi) is 5.03. The lowest BCUT2D eigenvalue weighted by Crippen LogP contribution is -2.45.